The second-order valence-electron chi connectivity index (χ2n) is 5.34. The summed E-state index contributed by atoms with van der Waals surface area (Å²) in [5.74, 6) is 0.179. The number of amides is 1. The summed E-state index contributed by atoms with van der Waals surface area (Å²) in [4.78, 5) is 17.3. The largest absolute Gasteiger partial charge is 0.470 e. The molecule has 0 aliphatic carbocycles. The van der Waals surface area contributed by atoms with Crippen molar-refractivity contribution >= 4 is 6.09 Å². The molecule has 6 nitrogen and oxygen atoms in total. The Hall–Kier alpha value is -2.24. The first-order valence-electron chi connectivity index (χ1n) is 6.68. The third kappa shape index (κ3) is 1.88. The van der Waals surface area contributed by atoms with E-state index in [9.17, 15) is 9.90 Å². The lowest BCUT2D eigenvalue weighted by atomic mass is 9.93. The van der Waals surface area contributed by atoms with Crippen LogP contribution in [0.4, 0.5) is 4.79 Å². The highest BCUT2D eigenvalue weighted by Crippen LogP contribution is 2.35. The van der Waals surface area contributed by atoms with Crippen molar-refractivity contribution in [2.45, 2.75) is 26.3 Å². The quantitative estimate of drug-likeness (QED) is 0.914. The van der Waals surface area contributed by atoms with Gasteiger partial charge in [-0.05, 0) is 5.92 Å². The molecule has 3 rings (SSSR count). The minimum Gasteiger partial charge on any atom is -0.470 e. The number of nitrogens with zero attached hydrogens (tertiary/aromatic N) is 3. The Kier molecular flexibility index (Phi) is 3.00. The standard InChI is InChI=1S/C14H17N3O3/c1-9(2)13-12-11(3-5-16(13)14(18)19)17(8-15-12)10-4-6-20-7-10/h4,6-9,13H,3,5H2,1-2H3,(H,18,19). The van der Waals surface area contributed by atoms with Gasteiger partial charge in [-0.15, -0.1) is 0 Å². The normalized spacial score (nSPS) is 18.4. The Balaban J connectivity index is 2.06. The van der Waals surface area contributed by atoms with Crippen LogP contribution in [-0.2, 0) is 6.42 Å². The average Bonchev–Trinajstić information content (AvgIpc) is 3.05. The maximum Gasteiger partial charge on any atom is 0.407 e. The van der Waals surface area contributed by atoms with E-state index in [0.29, 0.717) is 13.0 Å². The molecule has 1 aliphatic heterocycles. The van der Waals surface area contributed by atoms with Crippen molar-refractivity contribution in [1.29, 1.82) is 0 Å². The van der Waals surface area contributed by atoms with Crippen molar-refractivity contribution in [1.82, 2.24) is 14.5 Å². The molecule has 1 aliphatic rings. The Labute approximate surface area is 116 Å². The smallest absolute Gasteiger partial charge is 0.407 e. The lowest BCUT2D eigenvalue weighted by Gasteiger charge is -2.35. The van der Waals surface area contributed by atoms with Gasteiger partial charge in [-0.1, -0.05) is 13.8 Å². The topological polar surface area (TPSA) is 71.5 Å². The summed E-state index contributed by atoms with van der Waals surface area (Å²) in [6.45, 7) is 4.54. The number of imidazole rings is 1. The molecule has 1 unspecified atom stereocenters. The predicted octanol–water partition coefficient (Wildman–Crippen LogP) is 2.70. The number of furan rings is 1. The van der Waals surface area contributed by atoms with Crippen LogP contribution < -0.4 is 0 Å². The van der Waals surface area contributed by atoms with Gasteiger partial charge in [-0.3, -0.25) is 9.47 Å². The summed E-state index contributed by atoms with van der Waals surface area (Å²) >= 11 is 0. The Bertz CT molecular complexity index is 616. The SMILES string of the molecule is CC(C)C1c2ncn(-c3ccoc3)c2CCN1C(=O)O. The van der Waals surface area contributed by atoms with E-state index in [1.807, 2.05) is 24.5 Å². The molecule has 6 heteroatoms. The average molecular weight is 275 g/mol. The summed E-state index contributed by atoms with van der Waals surface area (Å²) in [5.41, 5.74) is 2.85. The molecule has 0 bridgehead atoms. The van der Waals surface area contributed by atoms with Crippen molar-refractivity contribution in [3.05, 3.63) is 36.3 Å². The lowest BCUT2D eigenvalue weighted by molar-refractivity contribution is 0.102. The van der Waals surface area contributed by atoms with Crippen LogP contribution >= 0.6 is 0 Å². The molecule has 1 atom stereocenters. The van der Waals surface area contributed by atoms with Gasteiger partial charge < -0.3 is 9.52 Å². The van der Waals surface area contributed by atoms with E-state index in [4.69, 9.17) is 4.42 Å². The molecule has 106 valence electrons. The maximum absolute atomic E-state index is 11.4. The van der Waals surface area contributed by atoms with Crippen molar-refractivity contribution < 1.29 is 14.3 Å². The summed E-state index contributed by atoms with van der Waals surface area (Å²) in [6.07, 6.45) is 4.81. The van der Waals surface area contributed by atoms with Crippen LogP contribution in [0.5, 0.6) is 0 Å². The molecule has 0 fully saturated rings. The number of aromatic nitrogens is 2. The number of carboxylic acid groups (broad SMARTS) is 1. The first kappa shape index (κ1) is 12.8. The van der Waals surface area contributed by atoms with Gasteiger partial charge in [0.1, 0.15) is 6.26 Å². The van der Waals surface area contributed by atoms with Crippen LogP contribution in [0.3, 0.4) is 0 Å². The van der Waals surface area contributed by atoms with Gasteiger partial charge in [0.05, 0.1) is 30.0 Å². The van der Waals surface area contributed by atoms with E-state index >= 15 is 0 Å². The Morgan fingerprint density at radius 3 is 2.95 bits per heavy atom. The van der Waals surface area contributed by atoms with E-state index < -0.39 is 6.09 Å². The van der Waals surface area contributed by atoms with E-state index in [-0.39, 0.29) is 12.0 Å². The fourth-order valence-corrected chi connectivity index (χ4v) is 2.90. The molecule has 0 spiro atoms. The number of fused-ring (bicyclic) bond motifs is 1. The monoisotopic (exact) mass is 275 g/mol. The van der Waals surface area contributed by atoms with Crippen LogP contribution in [0, 0.1) is 5.92 Å². The Morgan fingerprint density at radius 2 is 2.35 bits per heavy atom. The molecular formula is C14H17N3O3. The highest BCUT2D eigenvalue weighted by Gasteiger charge is 2.36. The molecule has 1 N–H and O–H groups in total. The second kappa shape index (κ2) is 4.70. The molecule has 1 amide bonds. The number of hydrogen-bond donors (Lipinski definition) is 1. The zero-order chi connectivity index (χ0) is 14.3. The number of carbonyl (C=O) groups is 1. The van der Waals surface area contributed by atoms with E-state index in [0.717, 1.165) is 17.1 Å². The highest BCUT2D eigenvalue weighted by atomic mass is 16.4. The molecule has 0 radical (unpaired) electrons. The van der Waals surface area contributed by atoms with E-state index in [1.54, 1.807) is 18.9 Å². The summed E-state index contributed by atoms with van der Waals surface area (Å²) in [6, 6.07) is 1.68. The number of rotatable bonds is 2. The molecule has 3 heterocycles. The molecule has 2 aromatic heterocycles. The molecule has 0 saturated carbocycles. The first-order valence-corrected chi connectivity index (χ1v) is 6.68. The van der Waals surface area contributed by atoms with Gasteiger partial charge in [0, 0.05) is 24.7 Å². The van der Waals surface area contributed by atoms with Crippen LogP contribution in [-0.4, -0.2) is 32.2 Å². The maximum atomic E-state index is 11.4. The van der Waals surface area contributed by atoms with Gasteiger partial charge in [0.15, 0.2) is 0 Å². The molecule has 20 heavy (non-hydrogen) atoms. The van der Waals surface area contributed by atoms with Crippen molar-refractivity contribution in [2.75, 3.05) is 6.54 Å². The first-order chi connectivity index (χ1) is 9.59. The molecule has 0 saturated heterocycles. The zero-order valence-electron chi connectivity index (χ0n) is 11.5. The van der Waals surface area contributed by atoms with Crippen LogP contribution in [0.15, 0.2) is 29.3 Å². The van der Waals surface area contributed by atoms with Crippen molar-refractivity contribution in [3.8, 4) is 5.69 Å². The summed E-state index contributed by atoms with van der Waals surface area (Å²) in [5, 5.41) is 9.35. The fourth-order valence-electron chi connectivity index (χ4n) is 2.90. The van der Waals surface area contributed by atoms with E-state index in [1.165, 1.54) is 4.90 Å². The van der Waals surface area contributed by atoms with Gasteiger partial charge in [-0.25, -0.2) is 9.78 Å². The second-order valence-corrected chi connectivity index (χ2v) is 5.34. The molecular weight excluding hydrogens is 258 g/mol. The van der Waals surface area contributed by atoms with Crippen molar-refractivity contribution in [3.63, 3.8) is 0 Å². The zero-order valence-corrected chi connectivity index (χ0v) is 11.5. The van der Waals surface area contributed by atoms with Crippen LogP contribution in [0.25, 0.3) is 5.69 Å². The van der Waals surface area contributed by atoms with Gasteiger partial charge in [-0.2, -0.15) is 0 Å². The van der Waals surface area contributed by atoms with Crippen LogP contribution in [0.1, 0.15) is 31.3 Å². The predicted molar refractivity (Wildman–Crippen MR) is 71.8 cm³/mol. The fraction of sp³-hybridized carbons (Fsp3) is 0.429. The third-order valence-electron chi connectivity index (χ3n) is 3.77. The minimum absolute atomic E-state index is 0.179. The lowest BCUT2D eigenvalue weighted by Crippen LogP contribution is -2.41. The van der Waals surface area contributed by atoms with Crippen molar-refractivity contribution in [2.24, 2.45) is 5.92 Å². The van der Waals surface area contributed by atoms with E-state index in [2.05, 4.69) is 4.98 Å². The minimum atomic E-state index is -0.882. The Morgan fingerprint density at radius 1 is 1.55 bits per heavy atom. The number of hydrogen-bond acceptors (Lipinski definition) is 3. The van der Waals surface area contributed by atoms with Gasteiger partial charge >= 0.3 is 6.09 Å². The molecule has 0 aromatic carbocycles. The van der Waals surface area contributed by atoms with Gasteiger partial charge in [0.25, 0.3) is 0 Å². The highest BCUT2D eigenvalue weighted by molar-refractivity contribution is 5.66. The summed E-state index contributed by atoms with van der Waals surface area (Å²) < 4.78 is 7.09. The van der Waals surface area contributed by atoms with Gasteiger partial charge in [0.2, 0.25) is 0 Å². The molecule has 2 aromatic rings. The summed E-state index contributed by atoms with van der Waals surface area (Å²) in [7, 11) is 0. The third-order valence-corrected chi connectivity index (χ3v) is 3.77. The van der Waals surface area contributed by atoms with Crippen LogP contribution in [0.2, 0.25) is 0 Å².